The van der Waals surface area contributed by atoms with E-state index in [4.69, 9.17) is 26.2 Å². The van der Waals surface area contributed by atoms with E-state index in [9.17, 15) is 14.7 Å². The second-order valence-corrected chi connectivity index (χ2v) is 6.91. The Kier molecular flexibility index (Phi) is 7.30. The van der Waals surface area contributed by atoms with Crippen LogP contribution in [0.2, 0.25) is 5.02 Å². The van der Waals surface area contributed by atoms with E-state index < -0.39 is 17.5 Å². The maximum atomic E-state index is 12.5. The SMILES string of the molecule is O=C(O)C(=O)C=C([O-])c1cc(Cl)c(OCc2ccccc2)cc1OCc1ccccc1. The van der Waals surface area contributed by atoms with Crippen LogP contribution in [0, 0.1) is 0 Å². The number of ketones is 1. The molecular formula is C24H18ClO6-. The molecule has 158 valence electrons. The van der Waals surface area contributed by atoms with Crippen LogP contribution < -0.4 is 14.6 Å². The zero-order valence-corrected chi connectivity index (χ0v) is 17.0. The van der Waals surface area contributed by atoms with Crippen LogP contribution >= 0.6 is 11.6 Å². The number of benzene rings is 3. The van der Waals surface area contributed by atoms with Crippen LogP contribution in [-0.2, 0) is 22.8 Å². The van der Waals surface area contributed by atoms with Crippen molar-refractivity contribution in [1.29, 1.82) is 0 Å². The van der Waals surface area contributed by atoms with Gasteiger partial charge in [0, 0.05) is 11.6 Å². The van der Waals surface area contributed by atoms with Crippen molar-refractivity contribution in [1.82, 2.24) is 0 Å². The predicted octanol–water partition coefficient (Wildman–Crippen LogP) is 3.85. The standard InChI is InChI=1S/C24H19ClO6/c25-19-11-18(20(26)12-21(27)24(28)29)22(30-14-16-7-3-1-4-8-16)13-23(19)31-15-17-9-5-2-6-10-17/h1-13,26H,14-15H2,(H,28,29)/p-1. The quantitative estimate of drug-likeness (QED) is 0.310. The average Bonchev–Trinajstić information content (AvgIpc) is 2.78. The molecule has 0 saturated carbocycles. The monoisotopic (exact) mass is 437 g/mol. The number of ether oxygens (including phenoxy) is 2. The molecular weight excluding hydrogens is 420 g/mol. The highest BCUT2D eigenvalue weighted by Crippen LogP contribution is 2.36. The van der Waals surface area contributed by atoms with E-state index >= 15 is 0 Å². The molecule has 0 saturated heterocycles. The first-order valence-corrected chi connectivity index (χ1v) is 9.65. The van der Waals surface area contributed by atoms with Crippen molar-refractivity contribution in [2.24, 2.45) is 0 Å². The number of carboxylic acids is 1. The maximum absolute atomic E-state index is 12.5. The normalized spacial score (nSPS) is 11.1. The summed E-state index contributed by atoms with van der Waals surface area (Å²) in [5, 5.41) is 21.4. The molecule has 0 atom stereocenters. The van der Waals surface area contributed by atoms with Gasteiger partial charge in [0.25, 0.3) is 5.78 Å². The Balaban J connectivity index is 1.91. The summed E-state index contributed by atoms with van der Waals surface area (Å²) in [4.78, 5) is 22.2. The van der Waals surface area contributed by atoms with Crippen LogP contribution in [0.5, 0.6) is 11.5 Å². The summed E-state index contributed by atoms with van der Waals surface area (Å²) in [5.41, 5.74) is 1.74. The molecule has 0 bridgehead atoms. The molecule has 3 aromatic carbocycles. The summed E-state index contributed by atoms with van der Waals surface area (Å²) < 4.78 is 11.6. The summed E-state index contributed by atoms with van der Waals surface area (Å²) in [6, 6.07) is 21.5. The van der Waals surface area contributed by atoms with Crippen LogP contribution in [0.1, 0.15) is 16.7 Å². The van der Waals surface area contributed by atoms with Crippen molar-refractivity contribution in [3.63, 3.8) is 0 Å². The fourth-order valence-electron chi connectivity index (χ4n) is 2.69. The number of carbonyl (C=O) groups excluding carboxylic acids is 1. The lowest BCUT2D eigenvalue weighted by atomic mass is 10.1. The summed E-state index contributed by atoms with van der Waals surface area (Å²) in [6.07, 6.45) is 0.494. The highest BCUT2D eigenvalue weighted by Gasteiger charge is 2.14. The average molecular weight is 438 g/mol. The molecule has 0 amide bonds. The third kappa shape index (κ3) is 6.10. The zero-order chi connectivity index (χ0) is 22.2. The van der Waals surface area contributed by atoms with Gasteiger partial charge in [0.1, 0.15) is 24.7 Å². The van der Waals surface area contributed by atoms with Crippen molar-refractivity contribution >= 4 is 29.1 Å². The van der Waals surface area contributed by atoms with E-state index in [1.54, 1.807) is 0 Å². The van der Waals surface area contributed by atoms with Gasteiger partial charge in [-0.1, -0.05) is 78.0 Å². The van der Waals surface area contributed by atoms with Crippen molar-refractivity contribution < 1.29 is 29.3 Å². The van der Waals surface area contributed by atoms with Gasteiger partial charge in [-0.15, -0.1) is 0 Å². The first kappa shape index (κ1) is 21.9. The Hall–Kier alpha value is -3.77. The van der Waals surface area contributed by atoms with E-state index in [1.807, 2.05) is 60.7 Å². The summed E-state index contributed by atoms with van der Waals surface area (Å²) in [6.45, 7) is 0.392. The molecule has 0 aliphatic heterocycles. The number of carbonyl (C=O) groups is 2. The second kappa shape index (κ2) is 10.3. The van der Waals surface area contributed by atoms with Gasteiger partial charge in [0.05, 0.1) is 5.02 Å². The van der Waals surface area contributed by atoms with Crippen molar-refractivity contribution in [2.45, 2.75) is 13.2 Å². The van der Waals surface area contributed by atoms with E-state index in [0.29, 0.717) is 6.08 Å². The molecule has 0 aliphatic rings. The Labute approximate surface area is 183 Å². The molecule has 6 nitrogen and oxygen atoms in total. The minimum absolute atomic E-state index is 0.0393. The maximum Gasteiger partial charge on any atom is 0.376 e. The van der Waals surface area contributed by atoms with Crippen LogP contribution in [0.4, 0.5) is 0 Å². The van der Waals surface area contributed by atoms with Crippen LogP contribution in [0.3, 0.4) is 0 Å². The van der Waals surface area contributed by atoms with Crippen LogP contribution in [0.25, 0.3) is 5.76 Å². The van der Waals surface area contributed by atoms with Crippen LogP contribution in [0.15, 0.2) is 78.9 Å². The zero-order valence-electron chi connectivity index (χ0n) is 16.3. The number of halogens is 1. The van der Waals surface area contributed by atoms with Gasteiger partial charge in [0.15, 0.2) is 0 Å². The van der Waals surface area contributed by atoms with E-state index in [0.717, 1.165) is 11.1 Å². The fraction of sp³-hybridized carbons (Fsp3) is 0.0833. The smallest absolute Gasteiger partial charge is 0.376 e. The Morgan fingerprint density at radius 3 is 1.90 bits per heavy atom. The van der Waals surface area contributed by atoms with Crippen molar-refractivity contribution in [3.8, 4) is 11.5 Å². The fourth-order valence-corrected chi connectivity index (χ4v) is 2.90. The number of aliphatic carboxylic acids is 1. The molecule has 0 spiro atoms. The summed E-state index contributed by atoms with van der Waals surface area (Å²) in [7, 11) is 0. The van der Waals surface area contributed by atoms with Gasteiger partial charge in [0.2, 0.25) is 0 Å². The highest BCUT2D eigenvalue weighted by atomic mass is 35.5. The predicted molar refractivity (Wildman–Crippen MR) is 114 cm³/mol. The lowest BCUT2D eigenvalue weighted by Gasteiger charge is -2.20. The van der Waals surface area contributed by atoms with E-state index in [1.165, 1.54) is 12.1 Å². The van der Waals surface area contributed by atoms with E-state index in [2.05, 4.69) is 0 Å². The van der Waals surface area contributed by atoms with Gasteiger partial charge in [-0.2, -0.15) is 0 Å². The van der Waals surface area contributed by atoms with Crippen molar-refractivity contribution in [3.05, 3.63) is 101 Å². The van der Waals surface area contributed by atoms with Crippen molar-refractivity contribution in [2.75, 3.05) is 0 Å². The summed E-state index contributed by atoms with van der Waals surface area (Å²) in [5.74, 6) is -3.48. The molecule has 31 heavy (non-hydrogen) atoms. The number of hydrogen-bond donors (Lipinski definition) is 1. The topological polar surface area (TPSA) is 95.9 Å². The van der Waals surface area contributed by atoms with Gasteiger partial charge < -0.3 is 19.7 Å². The second-order valence-electron chi connectivity index (χ2n) is 6.51. The Morgan fingerprint density at radius 2 is 1.39 bits per heavy atom. The highest BCUT2D eigenvalue weighted by molar-refractivity contribution is 6.38. The molecule has 0 unspecified atom stereocenters. The van der Waals surface area contributed by atoms with Crippen LogP contribution in [-0.4, -0.2) is 16.9 Å². The van der Waals surface area contributed by atoms with E-state index in [-0.39, 0.29) is 35.3 Å². The molecule has 0 aromatic heterocycles. The molecule has 7 heteroatoms. The Bertz CT molecular complexity index is 1090. The number of hydrogen-bond acceptors (Lipinski definition) is 5. The number of rotatable bonds is 9. The minimum Gasteiger partial charge on any atom is -0.872 e. The minimum atomic E-state index is -1.73. The number of carboxylic acid groups (broad SMARTS) is 1. The molecule has 1 N–H and O–H groups in total. The summed E-state index contributed by atoms with van der Waals surface area (Å²) >= 11 is 6.28. The molecule has 0 aliphatic carbocycles. The molecule has 0 heterocycles. The largest absolute Gasteiger partial charge is 0.872 e. The molecule has 3 rings (SSSR count). The van der Waals surface area contributed by atoms with Gasteiger partial charge >= 0.3 is 5.97 Å². The molecule has 0 fully saturated rings. The van der Waals surface area contributed by atoms with Gasteiger partial charge in [-0.05, 0) is 23.3 Å². The first-order chi connectivity index (χ1) is 14.9. The Morgan fingerprint density at radius 1 is 0.871 bits per heavy atom. The molecule has 3 aromatic rings. The lowest BCUT2D eigenvalue weighted by Crippen LogP contribution is -2.14. The molecule has 0 radical (unpaired) electrons. The van der Waals surface area contributed by atoms with Gasteiger partial charge in [-0.25, -0.2) is 4.79 Å². The lowest BCUT2D eigenvalue weighted by molar-refractivity contribution is -0.244. The van der Waals surface area contributed by atoms with Gasteiger partial charge in [-0.3, -0.25) is 4.79 Å². The first-order valence-electron chi connectivity index (χ1n) is 9.27. The third-order valence-corrected chi connectivity index (χ3v) is 4.54. The third-order valence-electron chi connectivity index (χ3n) is 4.25.